The van der Waals surface area contributed by atoms with Crippen LogP contribution in [0.4, 0.5) is 26.3 Å². The van der Waals surface area contributed by atoms with Gasteiger partial charge in [-0.25, -0.2) is 13.4 Å². The molecular weight excluding hydrogens is 489 g/mol. The third kappa shape index (κ3) is 4.00. The second-order valence-corrected chi connectivity index (χ2v) is 8.57. The van der Waals surface area contributed by atoms with Crippen LogP contribution in [0.1, 0.15) is 5.56 Å². The molecule has 0 spiro atoms. The fourth-order valence-electron chi connectivity index (χ4n) is 1.96. The molecule has 0 saturated carbocycles. The zero-order valence-corrected chi connectivity index (χ0v) is 16.5. The summed E-state index contributed by atoms with van der Waals surface area (Å²) >= 11 is 17.9. The van der Waals surface area contributed by atoms with Crippen LogP contribution < -0.4 is 0 Å². The molecule has 0 bridgehead atoms. The lowest BCUT2D eigenvalue weighted by molar-refractivity contribution is -0.137. The number of aromatic nitrogens is 2. The van der Waals surface area contributed by atoms with Crippen LogP contribution >= 0.6 is 46.6 Å². The minimum Gasteiger partial charge on any atom is -0.274 e. The van der Waals surface area contributed by atoms with E-state index in [1.54, 1.807) is 0 Å². The maximum absolute atomic E-state index is 12.9. The average molecular weight is 494 g/mol. The molecule has 0 aliphatic rings. The van der Waals surface area contributed by atoms with Crippen LogP contribution in [0.15, 0.2) is 22.2 Å². The highest BCUT2D eigenvalue weighted by molar-refractivity contribution is 7.99. The van der Waals surface area contributed by atoms with Crippen molar-refractivity contribution in [1.29, 1.82) is 0 Å². The Morgan fingerprint density at radius 2 is 1.52 bits per heavy atom. The molecule has 0 amide bonds. The van der Waals surface area contributed by atoms with Gasteiger partial charge in [0.25, 0.3) is 9.84 Å². The molecule has 0 aliphatic heterocycles. The summed E-state index contributed by atoms with van der Waals surface area (Å²) in [5, 5.41) is -4.08. The standard InChI is InChI=1S/C12H5Cl3F6N2O2S2/c1-26-9-8(27(24,25)12(19,20)21)22-10(15)23(9)7-5(13)2-4(3-6(7)14)11(16,17)18/h2-3H,1H3. The molecular formula is C12H5Cl3F6N2O2S2. The van der Waals surface area contributed by atoms with Crippen molar-refractivity contribution < 1.29 is 34.8 Å². The van der Waals surface area contributed by atoms with Crippen molar-refractivity contribution in [3.8, 4) is 5.69 Å². The zero-order valence-electron chi connectivity index (χ0n) is 12.6. The Morgan fingerprint density at radius 1 is 1.04 bits per heavy atom. The number of rotatable bonds is 3. The van der Waals surface area contributed by atoms with Crippen molar-refractivity contribution in [2.45, 2.75) is 21.7 Å². The second-order valence-electron chi connectivity index (χ2n) is 4.77. The number of nitrogens with zero attached hydrogens (tertiary/aromatic N) is 2. The number of imidazole rings is 1. The summed E-state index contributed by atoms with van der Waals surface area (Å²) < 4.78 is 101. The minimum atomic E-state index is -5.89. The van der Waals surface area contributed by atoms with Crippen molar-refractivity contribution in [2.75, 3.05) is 6.26 Å². The lowest BCUT2D eigenvalue weighted by Gasteiger charge is -2.15. The Labute approximate surface area is 167 Å². The molecule has 1 heterocycles. The Morgan fingerprint density at radius 3 is 1.89 bits per heavy atom. The molecule has 0 N–H and O–H groups in total. The highest BCUT2D eigenvalue weighted by atomic mass is 35.5. The molecule has 0 radical (unpaired) electrons. The van der Waals surface area contributed by atoms with Crippen molar-refractivity contribution in [3.05, 3.63) is 33.0 Å². The summed E-state index contributed by atoms with van der Waals surface area (Å²) in [7, 11) is -5.89. The molecule has 2 aromatic rings. The normalized spacial score (nSPS) is 13.3. The van der Waals surface area contributed by atoms with Crippen molar-refractivity contribution in [1.82, 2.24) is 9.55 Å². The molecule has 15 heteroatoms. The first-order valence-corrected chi connectivity index (χ1v) is 10.2. The van der Waals surface area contributed by atoms with Gasteiger partial charge in [0.15, 0.2) is 5.03 Å². The summed E-state index contributed by atoms with van der Waals surface area (Å²) in [5.41, 5.74) is -7.34. The molecule has 0 unspecified atom stereocenters. The van der Waals surface area contributed by atoms with Gasteiger partial charge in [0.1, 0.15) is 5.03 Å². The van der Waals surface area contributed by atoms with E-state index in [4.69, 9.17) is 34.8 Å². The van der Waals surface area contributed by atoms with Gasteiger partial charge in [-0.1, -0.05) is 23.2 Å². The molecule has 1 aromatic heterocycles. The topological polar surface area (TPSA) is 52.0 Å². The lowest BCUT2D eigenvalue weighted by Crippen LogP contribution is -2.24. The largest absolute Gasteiger partial charge is 0.503 e. The second kappa shape index (κ2) is 7.21. The predicted molar refractivity (Wildman–Crippen MR) is 88.6 cm³/mol. The summed E-state index contributed by atoms with van der Waals surface area (Å²) in [5.74, 6) is 0. The first-order chi connectivity index (χ1) is 12.1. The Kier molecular flexibility index (Phi) is 6.00. The van der Waals surface area contributed by atoms with E-state index in [0.29, 0.717) is 28.5 Å². The third-order valence-corrected chi connectivity index (χ3v) is 6.21. The fourth-order valence-corrected chi connectivity index (χ4v) is 4.88. The van der Waals surface area contributed by atoms with Gasteiger partial charge >= 0.3 is 11.7 Å². The molecule has 2 rings (SSSR count). The van der Waals surface area contributed by atoms with E-state index >= 15 is 0 Å². The van der Waals surface area contributed by atoms with E-state index in [9.17, 15) is 34.8 Å². The molecule has 27 heavy (non-hydrogen) atoms. The summed E-state index contributed by atoms with van der Waals surface area (Å²) in [6.07, 6.45) is -3.58. The Hall–Kier alpha value is -0.820. The molecule has 0 saturated heterocycles. The van der Waals surface area contributed by atoms with Crippen LogP contribution in [0.25, 0.3) is 5.69 Å². The molecule has 0 fully saturated rings. The van der Waals surface area contributed by atoms with E-state index in [1.165, 1.54) is 6.26 Å². The number of hydrogen-bond acceptors (Lipinski definition) is 4. The number of thioether (sulfide) groups is 1. The molecule has 0 atom stereocenters. The lowest BCUT2D eigenvalue weighted by atomic mass is 10.2. The fraction of sp³-hybridized carbons (Fsp3) is 0.250. The van der Waals surface area contributed by atoms with Gasteiger partial charge in [-0.05, 0) is 30.0 Å². The quantitative estimate of drug-likeness (QED) is 0.397. The Balaban J connectivity index is 2.83. The van der Waals surface area contributed by atoms with Crippen LogP contribution in [0.3, 0.4) is 0 Å². The number of halogens is 9. The SMILES string of the molecule is CSc1c(S(=O)(=O)C(F)(F)F)nc(Cl)n1-c1c(Cl)cc(C(F)(F)F)cc1Cl. The zero-order chi connectivity index (χ0) is 20.9. The van der Waals surface area contributed by atoms with Gasteiger partial charge in [0, 0.05) is 0 Å². The van der Waals surface area contributed by atoms with Crippen LogP contribution in [0.5, 0.6) is 0 Å². The van der Waals surface area contributed by atoms with Gasteiger partial charge in [0.05, 0.1) is 21.3 Å². The van der Waals surface area contributed by atoms with Crippen molar-refractivity contribution in [3.63, 3.8) is 0 Å². The van der Waals surface area contributed by atoms with Gasteiger partial charge in [0.2, 0.25) is 5.28 Å². The summed E-state index contributed by atoms with van der Waals surface area (Å²) in [6.45, 7) is 0. The van der Waals surface area contributed by atoms with Crippen LogP contribution in [-0.4, -0.2) is 29.7 Å². The van der Waals surface area contributed by atoms with Gasteiger partial charge < -0.3 is 0 Å². The number of sulfone groups is 1. The number of hydrogen-bond donors (Lipinski definition) is 0. The van der Waals surface area contributed by atoms with Gasteiger partial charge in [-0.2, -0.15) is 26.3 Å². The first-order valence-electron chi connectivity index (χ1n) is 6.33. The van der Waals surface area contributed by atoms with E-state index in [0.717, 1.165) is 0 Å². The molecule has 0 aliphatic carbocycles. The molecule has 150 valence electrons. The van der Waals surface area contributed by atoms with E-state index in [1.807, 2.05) is 0 Å². The highest BCUT2D eigenvalue weighted by Gasteiger charge is 2.50. The van der Waals surface area contributed by atoms with Gasteiger partial charge in [-0.15, -0.1) is 11.8 Å². The molecule has 1 aromatic carbocycles. The third-order valence-electron chi connectivity index (χ3n) is 3.08. The van der Waals surface area contributed by atoms with Gasteiger partial charge in [-0.3, -0.25) is 4.57 Å². The van der Waals surface area contributed by atoms with E-state index in [2.05, 4.69) is 4.98 Å². The van der Waals surface area contributed by atoms with Crippen LogP contribution in [0.2, 0.25) is 15.3 Å². The number of alkyl halides is 6. The monoisotopic (exact) mass is 492 g/mol. The van der Waals surface area contributed by atoms with E-state index < -0.39 is 58.2 Å². The first kappa shape index (κ1) is 22.5. The van der Waals surface area contributed by atoms with Crippen LogP contribution in [-0.2, 0) is 16.0 Å². The summed E-state index contributed by atoms with van der Waals surface area (Å²) in [6, 6.07) is 0.947. The van der Waals surface area contributed by atoms with E-state index in [-0.39, 0.29) is 0 Å². The highest BCUT2D eigenvalue weighted by Crippen LogP contribution is 2.43. The van der Waals surface area contributed by atoms with Crippen molar-refractivity contribution >= 4 is 56.4 Å². The average Bonchev–Trinajstić information content (AvgIpc) is 2.82. The van der Waals surface area contributed by atoms with Crippen molar-refractivity contribution in [2.24, 2.45) is 0 Å². The van der Waals surface area contributed by atoms with Crippen LogP contribution in [0, 0.1) is 0 Å². The maximum Gasteiger partial charge on any atom is 0.503 e. The number of benzene rings is 1. The predicted octanol–water partition coefficient (Wildman–Crippen LogP) is 5.87. The smallest absolute Gasteiger partial charge is 0.274 e. The summed E-state index contributed by atoms with van der Waals surface area (Å²) in [4.78, 5) is 3.21. The Bertz CT molecular complexity index is 979. The minimum absolute atomic E-state index is 0.447. The molecule has 4 nitrogen and oxygen atoms in total. The maximum atomic E-state index is 12.9.